The van der Waals surface area contributed by atoms with E-state index < -0.39 is 17.6 Å². The highest BCUT2D eigenvalue weighted by Crippen LogP contribution is 2.34. The molecule has 6 nitrogen and oxygen atoms in total. The van der Waals surface area contributed by atoms with Crippen LogP contribution in [0.3, 0.4) is 0 Å². The number of halogens is 3. The fourth-order valence-electron chi connectivity index (χ4n) is 5.29. The SMILES string of the molecule is CC1CN(c2cccnc2)Cc2cc(C(=O)Nc3cc(CN4CCN(C)CC4)cc(C(F)(F)F)c3)ccc21. The zero-order valence-electron chi connectivity index (χ0n) is 21.6. The average Bonchev–Trinajstić information content (AvgIpc) is 2.89. The van der Waals surface area contributed by atoms with Crippen LogP contribution in [0.5, 0.6) is 0 Å². The monoisotopic (exact) mass is 523 g/mol. The van der Waals surface area contributed by atoms with E-state index in [0.717, 1.165) is 50.0 Å². The number of carbonyl (C=O) groups is 1. The van der Waals surface area contributed by atoms with Crippen LogP contribution in [0.25, 0.3) is 0 Å². The molecule has 2 aromatic carbocycles. The summed E-state index contributed by atoms with van der Waals surface area (Å²) in [5.74, 6) is -0.166. The summed E-state index contributed by atoms with van der Waals surface area (Å²) in [6.07, 6.45) is -0.950. The van der Waals surface area contributed by atoms with Crippen LogP contribution in [0.4, 0.5) is 24.5 Å². The summed E-state index contributed by atoms with van der Waals surface area (Å²) >= 11 is 0. The summed E-state index contributed by atoms with van der Waals surface area (Å²) < 4.78 is 41.1. The van der Waals surface area contributed by atoms with Crippen molar-refractivity contribution in [1.29, 1.82) is 0 Å². The second-order valence-electron chi connectivity index (χ2n) is 10.4. The number of anilines is 2. The Hall–Kier alpha value is -3.43. The van der Waals surface area contributed by atoms with Gasteiger partial charge in [-0.3, -0.25) is 14.7 Å². The summed E-state index contributed by atoms with van der Waals surface area (Å²) in [6, 6.07) is 13.3. The largest absolute Gasteiger partial charge is 0.416 e. The van der Waals surface area contributed by atoms with Crippen molar-refractivity contribution in [2.45, 2.75) is 32.1 Å². The van der Waals surface area contributed by atoms with Gasteiger partial charge >= 0.3 is 6.18 Å². The average molecular weight is 524 g/mol. The predicted octanol–water partition coefficient (Wildman–Crippen LogP) is 5.22. The molecule has 1 amide bonds. The highest BCUT2D eigenvalue weighted by Gasteiger charge is 2.32. The lowest BCUT2D eigenvalue weighted by Gasteiger charge is -2.34. The van der Waals surface area contributed by atoms with Crippen LogP contribution < -0.4 is 10.2 Å². The molecule has 0 spiro atoms. The first-order chi connectivity index (χ1) is 18.2. The third-order valence-corrected chi connectivity index (χ3v) is 7.38. The Balaban J connectivity index is 1.36. The number of aromatic nitrogens is 1. The number of likely N-dealkylation sites (N-methyl/N-ethyl adjacent to an activating group) is 1. The number of benzene rings is 2. The first kappa shape index (κ1) is 26.2. The Kier molecular flexibility index (Phi) is 7.40. The second kappa shape index (κ2) is 10.7. The number of carbonyl (C=O) groups excluding carboxylic acids is 1. The lowest BCUT2D eigenvalue weighted by atomic mass is 9.89. The molecule has 0 bridgehead atoms. The fraction of sp³-hybridized carbons (Fsp3) is 0.379. The number of hydrogen-bond acceptors (Lipinski definition) is 5. The van der Waals surface area contributed by atoms with Crippen LogP contribution in [0.15, 0.2) is 60.9 Å². The Morgan fingerprint density at radius 3 is 2.58 bits per heavy atom. The van der Waals surface area contributed by atoms with Crippen LogP contribution in [0, 0.1) is 0 Å². The maximum Gasteiger partial charge on any atom is 0.416 e. The Bertz CT molecular complexity index is 1290. The molecule has 0 radical (unpaired) electrons. The highest BCUT2D eigenvalue weighted by atomic mass is 19.4. The molecule has 5 rings (SSSR count). The lowest BCUT2D eigenvalue weighted by molar-refractivity contribution is -0.137. The predicted molar refractivity (Wildman–Crippen MR) is 142 cm³/mol. The van der Waals surface area contributed by atoms with E-state index in [0.29, 0.717) is 24.2 Å². The van der Waals surface area contributed by atoms with Crippen LogP contribution in [0.1, 0.15) is 45.5 Å². The van der Waals surface area contributed by atoms with E-state index in [1.54, 1.807) is 18.3 Å². The van der Waals surface area contributed by atoms with Gasteiger partial charge in [0.15, 0.2) is 0 Å². The number of pyridine rings is 1. The molecule has 0 saturated carbocycles. The van der Waals surface area contributed by atoms with Crippen LogP contribution in [0.2, 0.25) is 0 Å². The van der Waals surface area contributed by atoms with Gasteiger partial charge in [-0.05, 0) is 72.1 Å². The Morgan fingerprint density at radius 2 is 1.87 bits per heavy atom. The summed E-state index contributed by atoms with van der Waals surface area (Å²) in [7, 11) is 2.03. The van der Waals surface area contributed by atoms with Crippen molar-refractivity contribution < 1.29 is 18.0 Å². The number of alkyl halides is 3. The minimum atomic E-state index is -4.50. The topological polar surface area (TPSA) is 51.7 Å². The second-order valence-corrected chi connectivity index (χ2v) is 10.4. The van der Waals surface area contributed by atoms with Crippen molar-refractivity contribution in [2.24, 2.45) is 0 Å². The number of hydrogen-bond donors (Lipinski definition) is 1. The van der Waals surface area contributed by atoms with Gasteiger partial charge in [0.2, 0.25) is 0 Å². The first-order valence-electron chi connectivity index (χ1n) is 12.9. The molecule has 38 heavy (non-hydrogen) atoms. The molecule has 3 aromatic rings. The molecule has 2 aliphatic rings. The van der Waals surface area contributed by atoms with E-state index in [2.05, 4.69) is 31.9 Å². The molecule has 1 unspecified atom stereocenters. The van der Waals surface area contributed by atoms with Crippen LogP contribution >= 0.6 is 0 Å². The number of amides is 1. The summed E-state index contributed by atoms with van der Waals surface area (Å²) in [5, 5.41) is 2.73. The minimum absolute atomic E-state index is 0.150. The molecule has 2 aliphatic heterocycles. The molecule has 1 saturated heterocycles. The van der Waals surface area contributed by atoms with Gasteiger partial charge in [0.25, 0.3) is 5.91 Å². The molecule has 1 fully saturated rings. The standard InChI is InChI=1S/C29H32F3N5O/c1-20-17-37(26-4-3-7-33-16-26)19-23-14-22(5-6-27(20)23)28(38)34-25-13-21(12-24(15-25)29(30,31)32)18-36-10-8-35(2)9-11-36/h3-7,12-16,20H,8-11,17-19H2,1-2H3,(H,34,38). The van der Waals surface area contributed by atoms with E-state index in [1.807, 2.05) is 37.5 Å². The van der Waals surface area contributed by atoms with Gasteiger partial charge in [-0.2, -0.15) is 13.2 Å². The molecule has 1 atom stereocenters. The van der Waals surface area contributed by atoms with E-state index in [4.69, 9.17) is 0 Å². The number of fused-ring (bicyclic) bond motifs is 1. The van der Waals surface area contributed by atoms with Crippen LogP contribution in [-0.2, 0) is 19.3 Å². The number of nitrogens with zero attached hydrogens (tertiary/aromatic N) is 4. The van der Waals surface area contributed by atoms with Gasteiger partial charge in [-0.1, -0.05) is 13.0 Å². The van der Waals surface area contributed by atoms with Crippen molar-refractivity contribution in [2.75, 3.05) is 50.0 Å². The third-order valence-electron chi connectivity index (χ3n) is 7.38. The molecular formula is C29H32F3N5O. The minimum Gasteiger partial charge on any atom is -0.365 e. The molecule has 1 aromatic heterocycles. The van der Waals surface area contributed by atoms with Crippen molar-refractivity contribution >= 4 is 17.3 Å². The maximum absolute atomic E-state index is 13.7. The van der Waals surface area contributed by atoms with E-state index in [9.17, 15) is 18.0 Å². The van der Waals surface area contributed by atoms with Crippen molar-refractivity contribution in [3.05, 3.63) is 88.7 Å². The smallest absolute Gasteiger partial charge is 0.365 e. The molecule has 3 heterocycles. The first-order valence-corrected chi connectivity index (χ1v) is 12.9. The molecule has 9 heteroatoms. The summed E-state index contributed by atoms with van der Waals surface area (Å²) in [4.78, 5) is 24.0. The van der Waals surface area contributed by atoms with Crippen LogP contribution in [-0.4, -0.2) is 60.5 Å². The maximum atomic E-state index is 13.7. The Morgan fingerprint density at radius 1 is 1.08 bits per heavy atom. The number of nitrogens with one attached hydrogen (secondary N) is 1. The fourth-order valence-corrected chi connectivity index (χ4v) is 5.29. The van der Waals surface area contributed by atoms with Gasteiger partial charge < -0.3 is 15.1 Å². The van der Waals surface area contributed by atoms with E-state index in [1.165, 1.54) is 11.6 Å². The Labute approximate surface area is 221 Å². The summed E-state index contributed by atoms with van der Waals surface area (Å²) in [5.41, 5.74) is 3.56. The molecule has 1 N–H and O–H groups in total. The molecule has 0 aliphatic carbocycles. The van der Waals surface area contributed by atoms with Gasteiger partial charge in [0, 0.05) is 63.3 Å². The number of rotatable bonds is 5. The molecular weight excluding hydrogens is 491 g/mol. The van der Waals surface area contributed by atoms with Gasteiger partial charge in [0.1, 0.15) is 0 Å². The van der Waals surface area contributed by atoms with Gasteiger partial charge in [-0.25, -0.2) is 0 Å². The van der Waals surface area contributed by atoms with E-state index >= 15 is 0 Å². The summed E-state index contributed by atoms with van der Waals surface area (Å²) in [6.45, 7) is 7.34. The van der Waals surface area contributed by atoms with Gasteiger partial charge in [-0.15, -0.1) is 0 Å². The highest BCUT2D eigenvalue weighted by molar-refractivity contribution is 6.04. The molecule has 200 valence electrons. The number of piperazine rings is 1. The van der Waals surface area contributed by atoms with Crippen molar-refractivity contribution in [3.63, 3.8) is 0 Å². The third kappa shape index (κ3) is 6.00. The lowest BCUT2D eigenvalue weighted by Crippen LogP contribution is -2.43. The van der Waals surface area contributed by atoms with E-state index in [-0.39, 0.29) is 11.6 Å². The quantitative estimate of drug-likeness (QED) is 0.497. The van der Waals surface area contributed by atoms with Crippen molar-refractivity contribution in [1.82, 2.24) is 14.8 Å². The van der Waals surface area contributed by atoms with Crippen molar-refractivity contribution in [3.8, 4) is 0 Å². The van der Waals surface area contributed by atoms with Gasteiger partial charge in [0.05, 0.1) is 17.4 Å². The normalized spacial score (nSPS) is 18.8. The zero-order valence-corrected chi connectivity index (χ0v) is 21.6. The zero-order chi connectivity index (χ0) is 26.9.